The average Bonchev–Trinajstić information content (AvgIpc) is 2.95. The molecule has 2 rings (SSSR count). The Hall–Kier alpha value is -1.69. The van der Waals surface area contributed by atoms with Crippen LogP contribution in [0, 0.1) is 6.92 Å². The number of aromatic nitrogens is 5. The van der Waals surface area contributed by atoms with E-state index < -0.39 is 0 Å². The zero-order chi connectivity index (χ0) is 14.8. The van der Waals surface area contributed by atoms with Crippen LogP contribution in [0.2, 0.25) is 0 Å². The van der Waals surface area contributed by atoms with Crippen LogP contribution in [0.3, 0.4) is 0 Å². The van der Waals surface area contributed by atoms with Gasteiger partial charge < -0.3 is 5.32 Å². The van der Waals surface area contributed by atoms with Crippen LogP contribution in [0.5, 0.6) is 0 Å². The third kappa shape index (κ3) is 3.90. The quantitative estimate of drug-likeness (QED) is 0.903. The van der Waals surface area contributed by atoms with Crippen molar-refractivity contribution in [1.82, 2.24) is 30.1 Å². The summed E-state index contributed by atoms with van der Waals surface area (Å²) in [5.74, 6) is 0. The van der Waals surface area contributed by atoms with E-state index >= 15 is 0 Å². The topological polar surface area (TPSA) is 60.6 Å². The summed E-state index contributed by atoms with van der Waals surface area (Å²) in [6.45, 7) is 12.1. The van der Waals surface area contributed by atoms with Crippen LogP contribution >= 0.6 is 0 Å². The van der Waals surface area contributed by atoms with Crippen molar-refractivity contribution in [2.45, 2.75) is 59.3 Å². The number of aryl methyl sites for hydroxylation is 1. The van der Waals surface area contributed by atoms with Crippen molar-refractivity contribution < 1.29 is 0 Å². The SMILES string of the molecule is Cc1cnn(C[C@H](C)NCc2cn(C(C)(C)C)nn2)c1. The molecule has 0 bridgehead atoms. The van der Waals surface area contributed by atoms with Gasteiger partial charge in [-0.25, -0.2) is 4.68 Å². The van der Waals surface area contributed by atoms with E-state index in [0.717, 1.165) is 18.8 Å². The monoisotopic (exact) mass is 276 g/mol. The van der Waals surface area contributed by atoms with Gasteiger partial charge in [-0.2, -0.15) is 5.10 Å². The predicted molar refractivity (Wildman–Crippen MR) is 78.3 cm³/mol. The first kappa shape index (κ1) is 14.7. The number of hydrogen-bond acceptors (Lipinski definition) is 4. The lowest BCUT2D eigenvalue weighted by Gasteiger charge is -2.17. The van der Waals surface area contributed by atoms with Gasteiger partial charge in [-0.3, -0.25) is 4.68 Å². The summed E-state index contributed by atoms with van der Waals surface area (Å²) in [4.78, 5) is 0. The molecule has 0 saturated heterocycles. The fourth-order valence-electron chi connectivity index (χ4n) is 1.90. The Bertz CT molecular complexity index is 548. The largest absolute Gasteiger partial charge is 0.307 e. The van der Waals surface area contributed by atoms with E-state index in [-0.39, 0.29) is 5.54 Å². The van der Waals surface area contributed by atoms with E-state index in [1.54, 1.807) is 0 Å². The fraction of sp³-hybridized carbons (Fsp3) is 0.643. The molecule has 0 fully saturated rings. The Morgan fingerprint density at radius 1 is 1.30 bits per heavy atom. The van der Waals surface area contributed by atoms with E-state index in [0.29, 0.717) is 6.04 Å². The highest BCUT2D eigenvalue weighted by atomic mass is 15.4. The molecule has 20 heavy (non-hydrogen) atoms. The Kier molecular flexibility index (Phi) is 4.23. The molecule has 2 aromatic rings. The van der Waals surface area contributed by atoms with Crippen molar-refractivity contribution in [1.29, 1.82) is 0 Å². The Labute approximate surface area is 120 Å². The second-order valence-electron chi connectivity index (χ2n) is 6.35. The second-order valence-corrected chi connectivity index (χ2v) is 6.35. The Balaban J connectivity index is 1.84. The third-order valence-corrected chi connectivity index (χ3v) is 3.08. The molecule has 0 aliphatic carbocycles. The normalized spacial score (nSPS) is 13.7. The first-order valence-electron chi connectivity index (χ1n) is 6.99. The van der Waals surface area contributed by atoms with E-state index in [2.05, 4.69) is 48.4 Å². The zero-order valence-electron chi connectivity index (χ0n) is 13.0. The maximum atomic E-state index is 4.29. The summed E-state index contributed by atoms with van der Waals surface area (Å²) >= 11 is 0. The summed E-state index contributed by atoms with van der Waals surface area (Å²) < 4.78 is 3.85. The van der Waals surface area contributed by atoms with Gasteiger partial charge in [0.15, 0.2) is 0 Å². The molecular weight excluding hydrogens is 252 g/mol. The fourth-order valence-corrected chi connectivity index (χ4v) is 1.90. The molecule has 0 amide bonds. The van der Waals surface area contributed by atoms with Gasteiger partial charge in [0.25, 0.3) is 0 Å². The smallest absolute Gasteiger partial charge is 0.0965 e. The maximum absolute atomic E-state index is 4.29. The van der Waals surface area contributed by atoms with E-state index in [1.807, 2.05) is 34.9 Å². The molecule has 2 aromatic heterocycles. The predicted octanol–water partition coefficient (Wildman–Crippen LogP) is 1.72. The highest BCUT2D eigenvalue weighted by Crippen LogP contribution is 2.11. The van der Waals surface area contributed by atoms with Gasteiger partial charge >= 0.3 is 0 Å². The van der Waals surface area contributed by atoms with Crippen LogP contribution in [-0.4, -0.2) is 30.8 Å². The molecule has 0 spiro atoms. The third-order valence-electron chi connectivity index (χ3n) is 3.08. The molecule has 1 atom stereocenters. The molecule has 6 nitrogen and oxygen atoms in total. The Morgan fingerprint density at radius 3 is 2.60 bits per heavy atom. The van der Waals surface area contributed by atoms with Crippen molar-refractivity contribution in [2.75, 3.05) is 0 Å². The molecule has 0 aromatic carbocycles. The number of nitrogens with one attached hydrogen (secondary N) is 1. The minimum Gasteiger partial charge on any atom is -0.307 e. The van der Waals surface area contributed by atoms with E-state index in [4.69, 9.17) is 0 Å². The molecule has 6 heteroatoms. The number of hydrogen-bond donors (Lipinski definition) is 1. The van der Waals surface area contributed by atoms with Crippen LogP contribution in [0.1, 0.15) is 39.0 Å². The molecule has 110 valence electrons. The van der Waals surface area contributed by atoms with Crippen molar-refractivity contribution in [3.63, 3.8) is 0 Å². The minimum absolute atomic E-state index is 0.0244. The van der Waals surface area contributed by atoms with E-state index in [1.165, 1.54) is 5.56 Å². The van der Waals surface area contributed by atoms with Gasteiger partial charge in [-0.1, -0.05) is 5.21 Å². The van der Waals surface area contributed by atoms with Crippen LogP contribution < -0.4 is 5.32 Å². The molecular formula is C14H24N6. The van der Waals surface area contributed by atoms with Gasteiger partial charge in [-0.05, 0) is 40.2 Å². The highest BCUT2D eigenvalue weighted by Gasteiger charge is 2.15. The van der Waals surface area contributed by atoms with Crippen LogP contribution in [0.25, 0.3) is 0 Å². The second kappa shape index (κ2) is 5.75. The van der Waals surface area contributed by atoms with Gasteiger partial charge in [0, 0.05) is 18.8 Å². The van der Waals surface area contributed by atoms with Crippen molar-refractivity contribution in [2.24, 2.45) is 0 Å². The molecule has 0 radical (unpaired) electrons. The summed E-state index contributed by atoms with van der Waals surface area (Å²) in [5.41, 5.74) is 2.12. The van der Waals surface area contributed by atoms with Crippen LogP contribution in [0.4, 0.5) is 0 Å². The lowest BCUT2D eigenvalue weighted by molar-refractivity contribution is 0.346. The summed E-state index contributed by atoms with van der Waals surface area (Å²) in [7, 11) is 0. The summed E-state index contributed by atoms with van der Waals surface area (Å²) in [5, 5.41) is 16.1. The number of nitrogens with zero attached hydrogens (tertiary/aromatic N) is 5. The first-order valence-corrected chi connectivity index (χ1v) is 6.99. The van der Waals surface area contributed by atoms with Crippen LogP contribution in [-0.2, 0) is 18.6 Å². The maximum Gasteiger partial charge on any atom is 0.0965 e. The van der Waals surface area contributed by atoms with Crippen LogP contribution in [0.15, 0.2) is 18.6 Å². The first-order chi connectivity index (χ1) is 9.34. The average molecular weight is 276 g/mol. The van der Waals surface area contributed by atoms with Gasteiger partial charge in [0.2, 0.25) is 0 Å². The van der Waals surface area contributed by atoms with E-state index in [9.17, 15) is 0 Å². The van der Waals surface area contributed by atoms with Gasteiger partial charge in [-0.15, -0.1) is 5.10 Å². The van der Waals surface area contributed by atoms with Crippen molar-refractivity contribution in [3.05, 3.63) is 29.8 Å². The molecule has 1 N–H and O–H groups in total. The highest BCUT2D eigenvalue weighted by molar-refractivity contribution is 4.99. The molecule has 0 aliphatic rings. The molecule has 0 aliphatic heterocycles. The number of rotatable bonds is 5. The molecule has 0 saturated carbocycles. The zero-order valence-corrected chi connectivity index (χ0v) is 13.0. The summed E-state index contributed by atoms with van der Waals surface area (Å²) in [6.07, 6.45) is 5.92. The lowest BCUT2D eigenvalue weighted by Crippen LogP contribution is -2.30. The Morgan fingerprint density at radius 2 is 2.05 bits per heavy atom. The lowest BCUT2D eigenvalue weighted by atomic mass is 10.1. The minimum atomic E-state index is -0.0244. The summed E-state index contributed by atoms with van der Waals surface area (Å²) in [6, 6.07) is 0.328. The molecule has 2 heterocycles. The molecule has 0 unspecified atom stereocenters. The van der Waals surface area contributed by atoms with Gasteiger partial charge in [0.1, 0.15) is 0 Å². The van der Waals surface area contributed by atoms with Gasteiger partial charge in [0.05, 0.1) is 30.2 Å². The van der Waals surface area contributed by atoms with Crippen molar-refractivity contribution >= 4 is 0 Å². The van der Waals surface area contributed by atoms with Crippen molar-refractivity contribution in [3.8, 4) is 0 Å². The standard InChI is InChI=1S/C14H24N6/c1-11-6-16-19(8-11)9-12(2)15-7-13-10-20(18-17-13)14(3,4)5/h6,8,10,12,15H,7,9H2,1-5H3/t12-/m0/s1.